The zero-order valence-corrected chi connectivity index (χ0v) is 8.19. The van der Waals surface area contributed by atoms with E-state index in [0.717, 1.165) is 12.1 Å². The van der Waals surface area contributed by atoms with Crippen LogP contribution in [0.25, 0.3) is 0 Å². The number of Topliss-reactive ketones (excluding diaryl/α,β-unsaturated/α-hetero) is 1. The fourth-order valence-corrected chi connectivity index (χ4v) is 1.18. The first-order chi connectivity index (χ1) is 6.97. The summed E-state index contributed by atoms with van der Waals surface area (Å²) in [6, 6.07) is 1.86. The van der Waals surface area contributed by atoms with Gasteiger partial charge < -0.3 is 10.8 Å². The Balaban J connectivity index is 3.37. The average Bonchev–Trinajstić information content (AvgIpc) is 2.20. The van der Waals surface area contributed by atoms with Crippen LogP contribution in [0.4, 0.5) is 11.4 Å². The van der Waals surface area contributed by atoms with Crippen molar-refractivity contribution in [3.63, 3.8) is 0 Å². The fourth-order valence-electron chi connectivity index (χ4n) is 1.03. The third-order valence-corrected chi connectivity index (χ3v) is 2.02. The number of nitrogen functional groups attached to an aromatic ring is 1. The Morgan fingerprint density at radius 1 is 1.60 bits per heavy atom. The molecule has 0 fully saturated rings. The van der Waals surface area contributed by atoms with Crippen LogP contribution < -0.4 is 5.73 Å². The Morgan fingerprint density at radius 3 is 2.67 bits per heavy atom. The van der Waals surface area contributed by atoms with E-state index in [9.17, 15) is 20.0 Å². The van der Waals surface area contributed by atoms with Crippen LogP contribution in [0, 0.1) is 10.1 Å². The van der Waals surface area contributed by atoms with Crippen LogP contribution in [0.3, 0.4) is 0 Å². The van der Waals surface area contributed by atoms with E-state index in [1.54, 1.807) is 0 Å². The summed E-state index contributed by atoms with van der Waals surface area (Å²) in [5.41, 5.74) is 4.62. The highest BCUT2D eigenvalue weighted by Crippen LogP contribution is 2.30. The number of carbonyl (C=O) groups is 1. The first-order valence-corrected chi connectivity index (χ1v) is 4.37. The Labute approximate surface area is 89.4 Å². The monoisotopic (exact) mass is 230 g/mol. The Bertz CT molecular complexity index is 433. The molecule has 15 heavy (non-hydrogen) atoms. The molecule has 0 radical (unpaired) electrons. The van der Waals surface area contributed by atoms with Gasteiger partial charge in [-0.05, 0) is 0 Å². The fraction of sp³-hybridized carbons (Fsp3) is 0.125. The molecular formula is C8H7ClN2O4. The van der Waals surface area contributed by atoms with E-state index in [1.165, 1.54) is 0 Å². The highest BCUT2D eigenvalue weighted by molar-refractivity contribution is 6.31. The molecule has 0 aliphatic heterocycles. The van der Waals surface area contributed by atoms with E-state index in [0.29, 0.717) is 0 Å². The van der Waals surface area contributed by atoms with Gasteiger partial charge in [0.15, 0.2) is 5.78 Å². The minimum Gasteiger partial charge on any atom is -0.506 e. The van der Waals surface area contributed by atoms with Gasteiger partial charge in [0.25, 0.3) is 5.69 Å². The minimum absolute atomic E-state index is 0.142. The summed E-state index contributed by atoms with van der Waals surface area (Å²) in [6.07, 6.45) is 0. The summed E-state index contributed by atoms with van der Waals surface area (Å²) < 4.78 is 0. The van der Waals surface area contributed by atoms with Crippen LogP contribution in [0.2, 0.25) is 0 Å². The highest BCUT2D eigenvalue weighted by Gasteiger charge is 2.18. The van der Waals surface area contributed by atoms with Gasteiger partial charge in [0.2, 0.25) is 0 Å². The number of non-ortho nitro benzene ring substituents is 1. The second kappa shape index (κ2) is 4.14. The number of nitrogens with zero attached hydrogens (tertiary/aromatic N) is 1. The second-order valence-electron chi connectivity index (χ2n) is 2.74. The molecule has 0 bridgehead atoms. The van der Waals surface area contributed by atoms with Crippen molar-refractivity contribution in [2.45, 2.75) is 0 Å². The normalized spacial score (nSPS) is 9.93. The predicted octanol–water partition coefficient (Wildman–Crippen LogP) is 1.30. The smallest absolute Gasteiger partial charge is 0.274 e. The van der Waals surface area contributed by atoms with Crippen LogP contribution in [0.1, 0.15) is 10.4 Å². The summed E-state index contributed by atoms with van der Waals surface area (Å²) in [6.45, 7) is 0. The number of ketones is 1. The molecule has 0 aliphatic carbocycles. The van der Waals surface area contributed by atoms with E-state index in [4.69, 9.17) is 17.3 Å². The van der Waals surface area contributed by atoms with Gasteiger partial charge in [0.1, 0.15) is 5.75 Å². The van der Waals surface area contributed by atoms with Gasteiger partial charge in [-0.2, -0.15) is 0 Å². The first-order valence-electron chi connectivity index (χ1n) is 3.83. The van der Waals surface area contributed by atoms with Gasteiger partial charge >= 0.3 is 0 Å². The number of carbonyl (C=O) groups excluding carboxylic acids is 1. The summed E-state index contributed by atoms with van der Waals surface area (Å²) >= 11 is 5.29. The third kappa shape index (κ3) is 2.16. The molecular weight excluding hydrogens is 224 g/mol. The van der Waals surface area contributed by atoms with Crippen molar-refractivity contribution >= 4 is 28.8 Å². The van der Waals surface area contributed by atoms with Crippen LogP contribution in [0.15, 0.2) is 12.1 Å². The molecule has 0 aliphatic rings. The van der Waals surface area contributed by atoms with Crippen LogP contribution >= 0.6 is 11.6 Å². The molecule has 6 nitrogen and oxygen atoms in total. The number of halogens is 1. The summed E-state index contributed by atoms with van der Waals surface area (Å²) in [5.74, 6) is -1.43. The van der Waals surface area contributed by atoms with E-state index in [2.05, 4.69) is 0 Å². The quantitative estimate of drug-likeness (QED) is 0.203. The van der Waals surface area contributed by atoms with Crippen molar-refractivity contribution < 1.29 is 14.8 Å². The molecule has 3 N–H and O–H groups in total. The summed E-state index contributed by atoms with van der Waals surface area (Å²) in [5, 5.41) is 19.7. The van der Waals surface area contributed by atoms with Crippen molar-refractivity contribution in [1.29, 1.82) is 0 Å². The van der Waals surface area contributed by atoms with E-state index >= 15 is 0 Å². The van der Waals surface area contributed by atoms with Gasteiger partial charge in [-0.3, -0.25) is 14.9 Å². The van der Waals surface area contributed by atoms with Crippen LogP contribution in [-0.4, -0.2) is 21.7 Å². The molecule has 0 amide bonds. The molecule has 0 aromatic heterocycles. The molecule has 1 rings (SSSR count). The number of alkyl halides is 1. The van der Waals surface area contributed by atoms with E-state index in [-0.39, 0.29) is 17.1 Å². The number of phenols is 1. The molecule has 7 heteroatoms. The largest absolute Gasteiger partial charge is 0.506 e. The number of anilines is 1. The number of hydrogen-bond donors (Lipinski definition) is 2. The minimum atomic E-state index is -0.732. The molecule has 80 valence electrons. The number of aromatic hydroxyl groups is 1. The van der Waals surface area contributed by atoms with Gasteiger partial charge in [0.05, 0.1) is 28.1 Å². The highest BCUT2D eigenvalue weighted by atomic mass is 35.5. The average molecular weight is 231 g/mol. The zero-order valence-electron chi connectivity index (χ0n) is 7.44. The number of nitro benzene ring substituents is 1. The number of nitrogens with two attached hydrogens (primary N) is 1. The molecule has 0 saturated carbocycles. The maximum absolute atomic E-state index is 11.2. The van der Waals surface area contributed by atoms with Gasteiger partial charge in [-0.25, -0.2) is 0 Å². The standard InChI is InChI=1S/C8H7ClN2O4/c9-3-7(13)5-1-4(11(14)15)2-6(12)8(5)10/h1-2,12H,3,10H2. The molecule has 0 saturated heterocycles. The number of benzene rings is 1. The maximum atomic E-state index is 11.2. The van der Waals surface area contributed by atoms with Gasteiger partial charge in [-0.1, -0.05) is 0 Å². The van der Waals surface area contributed by atoms with Gasteiger partial charge in [0, 0.05) is 6.07 Å². The van der Waals surface area contributed by atoms with Crippen LogP contribution in [-0.2, 0) is 0 Å². The Kier molecular flexibility index (Phi) is 3.11. The molecule has 1 aromatic carbocycles. The predicted molar refractivity (Wildman–Crippen MR) is 54.2 cm³/mol. The van der Waals surface area contributed by atoms with Crippen molar-refractivity contribution in [3.8, 4) is 5.75 Å². The van der Waals surface area contributed by atoms with Crippen LogP contribution in [0.5, 0.6) is 5.75 Å². The van der Waals surface area contributed by atoms with E-state index in [1.807, 2.05) is 0 Å². The third-order valence-electron chi connectivity index (χ3n) is 1.78. The summed E-state index contributed by atoms with van der Waals surface area (Å²) in [4.78, 5) is 20.9. The zero-order chi connectivity index (χ0) is 11.6. The van der Waals surface area contributed by atoms with Crippen molar-refractivity contribution in [2.24, 2.45) is 0 Å². The van der Waals surface area contributed by atoms with E-state index < -0.39 is 22.1 Å². The molecule has 1 aromatic rings. The topological polar surface area (TPSA) is 106 Å². The lowest BCUT2D eigenvalue weighted by molar-refractivity contribution is -0.384. The number of hydrogen-bond acceptors (Lipinski definition) is 5. The number of nitro groups is 1. The SMILES string of the molecule is Nc1c(O)cc([N+](=O)[O-])cc1C(=O)CCl. The van der Waals surface area contributed by atoms with Crippen molar-refractivity contribution in [1.82, 2.24) is 0 Å². The molecule has 0 unspecified atom stereocenters. The molecule has 0 heterocycles. The Morgan fingerprint density at radius 2 is 2.20 bits per heavy atom. The lowest BCUT2D eigenvalue weighted by Crippen LogP contribution is -2.06. The first kappa shape index (κ1) is 11.3. The van der Waals surface area contributed by atoms with Crippen molar-refractivity contribution in [2.75, 3.05) is 11.6 Å². The molecule has 0 atom stereocenters. The number of rotatable bonds is 3. The Hall–Kier alpha value is -1.82. The summed E-state index contributed by atoms with van der Waals surface area (Å²) in [7, 11) is 0. The second-order valence-corrected chi connectivity index (χ2v) is 3.01. The number of phenolic OH excluding ortho intramolecular Hbond substituents is 1. The lowest BCUT2D eigenvalue weighted by Gasteiger charge is -2.04. The lowest BCUT2D eigenvalue weighted by atomic mass is 10.1. The van der Waals surface area contributed by atoms with Gasteiger partial charge in [-0.15, -0.1) is 11.6 Å². The molecule has 0 spiro atoms. The van der Waals surface area contributed by atoms with Crippen molar-refractivity contribution in [3.05, 3.63) is 27.8 Å². The maximum Gasteiger partial charge on any atom is 0.274 e.